The predicted molar refractivity (Wildman–Crippen MR) is 61.0 cm³/mol. The molecule has 100 valence electrons. The van der Waals surface area contributed by atoms with Gasteiger partial charge in [0.05, 0.1) is 18.9 Å². The van der Waals surface area contributed by atoms with Crippen molar-refractivity contribution in [1.29, 1.82) is 0 Å². The van der Waals surface area contributed by atoms with Crippen LogP contribution >= 0.6 is 12.2 Å². The number of nitrogens with zero attached hydrogens (tertiary/aromatic N) is 1. The Morgan fingerprint density at radius 2 is 2.44 bits per heavy atom. The van der Waals surface area contributed by atoms with Crippen LogP contribution in [-0.4, -0.2) is 33.0 Å². The van der Waals surface area contributed by atoms with E-state index in [0.29, 0.717) is 0 Å². The molecule has 5 nitrogen and oxygen atoms in total. The molecule has 0 aromatic carbocycles. The zero-order valence-electron chi connectivity index (χ0n) is 9.52. The van der Waals surface area contributed by atoms with E-state index >= 15 is 0 Å². The lowest BCUT2D eigenvalue weighted by Crippen LogP contribution is -2.36. The first-order chi connectivity index (χ1) is 8.35. The molecule has 1 saturated heterocycles. The highest BCUT2D eigenvalue weighted by molar-refractivity contribution is 7.71. The number of nitrogens with one attached hydrogen (secondary N) is 1. The Kier molecular flexibility index (Phi) is 3.35. The van der Waals surface area contributed by atoms with E-state index < -0.39 is 29.5 Å². The van der Waals surface area contributed by atoms with Gasteiger partial charge in [0.2, 0.25) is 0 Å². The van der Waals surface area contributed by atoms with Crippen LogP contribution in [0, 0.1) is 10.5 Å². The highest BCUT2D eigenvalue weighted by Crippen LogP contribution is 2.40. The van der Waals surface area contributed by atoms with Gasteiger partial charge in [-0.3, -0.25) is 9.55 Å². The molecule has 0 bridgehead atoms. The minimum absolute atomic E-state index is 0.0716. The monoisotopic (exact) mass is 278 g/mol. The Balaban J connectivity index is 2.46. The van der Waals surface area contributed by atoms with Crippen LogP contribution in [0.5, 0.6) is 0 Å². The van der Waals surface area contributed by atoms with Gasteiger partial charge in [-0.2, -0.15) is 0 Å². The van der Waals surface area contributed by atoms with Gasteiger partial charge in [0.25, 0.3) is 0 Å². The molecule has 0 amide bonds. The highest BCUT2D eigenvalue weighted by Gasteiger charge is 2.47. The van der Waals surface area contributed by atoms with E-state index in [1.165, 1.54) is 6.92 Å². The largest absolute Gasteiger partial charge is 0.394 e. The fourth-order valence-corrected chi connectivity index (χ4v) is 2.16. The topological polar surface area (TPSA) is 67.2 Å². The summed E-state index contributed by atoms with van der Waals surface area (Å²) in [6.07, 6.45) is -1.27. The summed E-state index contributed by atoms with van der Waals surface area (Å²) in [4.78, 5) is 13.7. The third-order valence-electron chi connectivity index (χ3n) is 2.84. The molecule has 0 aliphatic carbocycles. The molecular formula is C10H12F2N2O3S. The summed E-state index contributed by atoms with van der Waals surface area (Å²) in [5, 5.41) is 8.95. The molecule has 1 aromatic heterocycles. The molecule has 1 fully saturated rings. The molecule has 8 heteroatoms. The molecule has 0 spiro atoms. The molecule has 3 atom stereocenters. The first-order valence-corrected chi connectivity index (χ1v) is 5.72. The number of H-pyrrole nitrogens is 1. The fraction of sp³-hybridized carbons (Fsp3) is 0.600. The lowest BCUT2D eigenvalue weighted by Gasteiger charge is -2.22. The number of ether oxygens (including phenoxy) is 1. The second-order valence-electron chi connectivity index (χ2n) is 4.42. The van der Waals surface area contributed by atoms with Gasteiger partial charge in [0.15, 0.2) is 17.7 Å². The summed E-state index contributed by atoms with van der Waals surface area (Å²) in [5.41, 5.74) is -2.63. The van der Waals surface area contributed by atoms with Crippen LogP contribution in [-0.2, 0) is 4.74 Å². The van der Waals surface area contributed by atoms with Crippen LogP contribution < -0.4 is 5.69 Å². The van der Waals surface area contributed by atoms with Crippen molar-refractivity contribution in [3.8, 4) is 0 Å². The number of aromatic nitrogens is 2. The maximum Gasteiger partial charge on any atom is 0.328 e. The van der Waals surface area contributed by atoms with Gasteiger partial charge < -0.3 is 9.84 Å². The van der Waals surface area contributed by atoms with Crippen LogP contribution in [0.25, 0.3) is 0 Å². The van der Waals surface area contributed by atoms with Gasteiger partial charge >= 0.3 is 5.69 Å². The van der Waals surface area contributed by atoms with Crippen molar-refractivity contribution < 1.29 is 18.6 Å². The average molecular weight is 278 g/mol. The normalized spacial score (nSPS) is 31.8. The van der Waals surface area contributed by atoms with Crippen LogP contribution in [0.3, 0.4) is 0 Å². The molecule has 1 aromatic rings. The Morgan fingerprint density at radius 3 is 3.00 bits per heavy atom. The Bertz CT molecular complexity index is 569. The molecule has 2 N–H and O–H groups in total. The molecule has 0 saturated carbocycles. The molecule has 18 heavy (non-hydrogen) atoms. The second kappa shape index (κ2) is 4.52. The smallest absolute Gasteiger partial charge is 0.328 e. The summed E-state index contributed by atoms with van der Waals surface area (Å²) in [6, 6.07) is 0. The number of hydrogen-bond acceptors (Lipinski definition) is 4. The predicted octanol–water partition coefficient (Wildman–Crippen LogP) is 1.05. The van der Waals surface area contributed by atoms with Crippen molar-refractivity contribution in [2.75, 3.05) is 6.61 Å². The first-order valence-electron chi connectivity index (χ1n) is 5.31. The van der Waals surface area contributed by atoms with Crippen molar-refractivity contribution in [2.45, 2.75) is 31.3 Å². The van der Waals surface area contributed by atoms with E-state index in [-0.39, 0.29) is 17.7 Å². The summed E-state index contributed by atoms with van der Waals surface area (Å²) >= 11 is 4.56. The number of halogens is 2. The molecule has 1 aliphatic heterocycles. The van der Waals surface area contributed by atoms with Crippen molar-refractivity contribution in [3.63, 3.8) is 0 Å². The molecule has 2 rings (SSSR count). The fourth-order valence-electron chi connectivity index (χ4n) is 2.02. The number of aromatic amines is 1. The third-order valence-corrected chi connectivity index (χ3v) is 3.14. The molecule has 1 aliphatic rings. The number of hydrogen-bond donors (Lipinski definition) is 2. The van der Waals surface area contributed by atoms with E-state index in [0.717, 1.165) is 10.8 Å². The lowest BCUT2D eigenvalue weighted by atomic mass is 10.0. The summed E-state index contributed by atoms with van der Waals surface area (Å²) in [6.45, 7) is 0.870. The highest BCUT2D eigenvalue weighted by atomic mass is 32.1. The Labute approximate surface area is 106 Å². The maximum absolute atomic E-state index is 14.3. The zero-order chi connectivity index (χ0) is 13.5. The average Bonchev–Trinajstić information content (AvgIpc) is 2.59. The molecular weight excluding hydrogens is 266 g/mol. The Hall–Kier alpha value is -1.12. The SMILES string of the molecule is CC1(F)CC(CO)OC1n1cc(F)c(=S)[nH]c1=O. The van der Waals surface area contributed by atoms with Gasteiger partial charge in [-0.15, -0.1) is 0 Å². The van der Waals surface area contributed by atoms with Crippen molar-refractivity contribution in [3.05, 3.63) is 27.1 Å². The summed E-state index contributed by atoms with van der Waals surface area (Å²) in [7, 11) is 0. The number of aliphatic hydroxyl groups is 1. The minimum atomic E-state index is -1.87. The van der Waals surface area contributed by atoms with E-state index in [4.69, 9.17) is 9.84 Å². The number of aliphatic hydroxyl groups excluding tert-OH is 1. The maximum atomic E-state index is 14.3. The van der Waals surface area contributed by atoms with Crippen LogP contribution in [0.1, 0.15) is 19.6 Å². The summed E-state index contributed by atoms with van der Waals surface area (Å²) in [5.74, 6) is -0.837. The van der Waals surface area contributed by atoms with Crippen LogP contribution in [0.2, 0.25) is 0 Å². The minimum Gasteiger partial charge on any atom is -0.394 e. The molecule has 2 heterocycles. The van der Waals surface area contributed by atoms with Crippen molar-refractivity contribution in [1.82, 2.24) is 9.55 Å². The van der Waals surface area contributed by atoms with Crippen molar-refractivity contribution in [2.24, 2.45) is 0 Å². The quantitative estimate of drug-likeness (QED) is 0.794. The van der Waals surface area contributed by atoms with Crippen molar-refractivity contribution >= 4 is 12.2 Å². The zero-order valence-corrected chi connectivity index (χ0v) is 10.3. The van der Waals surface area contributed by atoms with Gasteiger partial charge in [-0.1, -0.05) is 12.2 Å². The number of alkyl halides is 1. The Morgan fingerprint density at radius 1 is 1.78 bits per heavy atom. The molecule has 0 radical (unpaired) electrons. The molecule has 3 unspecified atom stereocenters. The van der Waals surface area contributed by atoms with Crippen LogP contribution in [0.15, 0.2) is 11.0 Å². The van der Waals surface area contributed by atoms with Gasteiger partial charge in [-0.05, 0) is 6.92 Å². The standard InChI is InChI=1S/C10H12F2N2O3S/c1-10(12)2-5(4-15)17-8(10)14-3-6(11)7(18)13-9(14)16/h3,5,8,15H,2,4H2,1H3,(H,13,16,18). The van der Waals surface area contributed by atoms with Gasteiger partial charge in [-0.25, -0.2) is 13.6 Å². The van der Waals surface area contributed by atoms with E-state index in [1.807, 2.05) is 0 Å². The van der Waals surface area contributed by atoms with Gasteiger partial charge in [0.1, 0.15) is 4.64 Å². The van der Waals surface area contributed by atoms with E-state index in [9.17, 15) is 13.6 Å². The summed E-state index contributed by atoms with van der Waals surface area (Å²) < 4.78 is 33.2. The van der Waals surface area contributed by atoms with E-state index in [1.54, 1.807) is 0 Å². The first kappa shape index (κ1) is 13.3. The lowest BCUT2D eigenvalue weighted by molar-refractivity contribution is -0.0615. The number of rotatable bonds is 2. The third kappa shape index (κ3) is 2.23. The van der Waals surface area contributed by atoms with Gasteiger partial charge in [0, 0.05) is 6.42 Å². The van der Waals surface area contributed by atoms with Crippen LogP contribution in [0.4, 0.5) is 8.78 Å². The van der Waals surface area contributed by atoms with E-state index in [2.05, 4.69) is 17.2 Å². The second-order valence-corrected chi connectivity index (χ2v) is 4.83.